The average molecular weight is 416 g/mol. The fourth-order valence-electron chi connectivity index (χ4n) is 4.24. The zero-order valence-corrected chi connectivity index (χ0v) is 18.7. The summed E-state index contributed by atoms with van der Waals surface area (Å²) in [5, 5.41) is 1.52. The lowest BCUT2D eigenvalue weighted by Crippen LogP contribution is -2.31. The molecule has 4 aromatic rings. The summed E-state index contributed by atoms with van der Waals surface area (Å²) in [4.78, 5) is 13.6. The molecule has 0 spiro atoms. The van der Waals surface area contributed by atoms with Gasteiger partial charge >= 0.3 is 5.97 Å². The molecule has 0 bridgehead atoms. The highest BCUT2D eigenvalue weighted by Crippen LogP contribution is 2.32. The number of methoxy groups -OCH3 is 2. The molecule has 158 valence electrons. The Morgan fingerprint density at radius 3 is 1.71 bits per heavy atom. The topological polar surface area (TPSA) is 48.6 Å². The maximum absolute atomic E-state index is 13.6. The molecular weight excluding hydrogens is 390 g/mol. The summed E-state index contributed by atoms with van der Waals surface area (Å²) in [6.07, 6.45) is 0. The van der Waals surface area contributed by atoms with Crippen molar-refractivity contribution in [1.82, 2.24) is 0 Å². The largest absolute Gasteiger partial charge is 0.497 e. The van der Waals surface area contributed by atoms with E-state index in [1.807, 2.05) is 76.3 Å². The van der Waals surface area contributed by atoms with E-state index in [9.17, 15) is 4.79 Å². The number of aromatic nitrogens is 1. The van der Waals surface area contributed by atoms with Crippen molar-refractivity contribution in [2.24, 2.45) is 7.05 Å². The molecule has 4 rings (SSSR count). The summed E-state index contributed by atoms with van der Waals surface area (Å²) in [5.74, 6) is 1.53. The lowest BCUT2D eigenvalue weighted by molar-refractivity contribution is -0.617. The molecule has 0 N–H and O–H groups in total. The van der Waals surface area contributed by atoms with E-state index in [1.54, 1.807) is 14.2 Å². The van der Waals surface area contributed by atoms with E-state index in [-0.39, 0.29) is 0 Å². The second-order valence-corrected chi connectivity index (χ2v) is 7.82. The highest BCUT2D eigenvalue weighted by Gasteiger charge is 2.26. The Hall–Kier alpha value is -3.60. The van der Waals surface area contributed by atoms with Crippen LogP contribution in [-0.2, 0) is 7.05 Å². The first-order chi connectivity index (χ1) is 14.8. The maximum Gasteiger partial charge on any atom is 0.345 e. The molecule has 3 aromatic carbocycles. The van der Waals surface area contributed by atoms with Gasteiger partial charge in [0.1, 0.15) is 24.3 Å². The number of ether oxygens (including phenoxy) is 3. The van der Waals surface area contributed by atoms with E-state index >= 15 is 0 Å². The number of nitrogens with zero attached hydrogens (tertiary/aromatic N) is 1. The standard InChI is InChI=1S/C26H26NO4/c1-15-11-16(2)25(17(3)12-15)31-26(28)24-20-13-18(29-5)7-9-22(20)27(4)23-10-8-19(30-6)14-21(23)24/h7-14H,1-6H3/q+1. The number of carbonyl (C=O) groups is 1. The van der Waals surface area contributed by atoms with Crippen LogP contribution in [0.5, 0.6) is 17.2 Å². The lowest BCUT2D eigenvalue weighted by atomic mass is 10.0. The number of esters is 1. The van der Waals surface area contributed by atoms with Crippen LogP contribution in [0.2, 0.25) is 0 Å². The minimum Gasteiger partial charge on any atom is -0.497 e. The molecule has 5 nitrogen and oxygen atoms in total. The minimum absolute atomic E-state index is 0.410. The van der Waals surface area contributed by atoms with E-state index in [0.29, 0.717) is 22.8 Å². The summed E-state index contributed by atoms with van der Waals surface area (Å²) in [5.41, 5.74) is 5.28. The number of rotatable bonds is 4. The van der Waals surface area contributed by atoms with Gasteiger partial charge in [-0.25, -0.2) is 4.79 Å². The third-order valence-corrected chi connectivity index (χ3v) is 5.67. The molecule has 0 aliphatic rings. The number of pyridine rings is 1. The molecule has 0 aliphatic heterocycles. The summed E-state index contributed by atoms with van der Waals surface area (Å²) >= 11 is 0. The first-order valence-electron chi connectivity index (χ1n) is 10.1. The average Bonchev–Trinajstić information content (AvgIpc) is 2.75. The minimum atomic E-state index is -0.410. The zero-order chi connectivity index (χ0) is 22.3. The summed E-state index contributed by atoms with van der Waals surface area (Å²) in [6, 6.07) is 15.5. The van der Waals surface area contributed by atoms with Crippen LogP contribution in [0.25, 0.3) is 21.8 Å². The Kier molecular flexibility index (Phi) is 5.27. The third-order valence-electron chi connectivity index (χ3n) is 5.67. The second kappa shape index (κ2) is 7.91. The van der Waals surface area contributed by atoms with Crippen molar-refractivity contribution >= 4 is 27.8 Å². The second-order valence-electron chi connectivity index (χ2n) is 7.82. The molecule has 0 atom stereocenters. The lowest BCUT2D eigenvalue weighted by Gasteiger charge is -2.14. The number of fused-ring (bicyclic) bond motifs is 2. The van der Waals surface area contributed by atoms with Gasteiger partial charge < -0.3 is 14.2 Å². The number of carbonyl (C=O) groups excluding carboxylic acids is 1. The first-order valence-corrected chi connectivity index (χ1v) is 10.1. The van der Waals surface area contributed by atoms with Crippen LogP contribution in [0, 0.1) is 20.8 Å². The molecule has 5 heteroatoms. The van der Waals surface area contributed by atoms with Crippen LogP contribution in [0.1, 0.15) is 27.0 Å². The predicted octanol–water partition coefficient (Wildman–Crippen LogP) is 4.98. The Balaban J connectivity index is 2.01. The predicted molar refractivity (Wildman–Crippen MR) is 121 cm³/mol. The molecule has 0 fully saturated rings. The normalized spacial score (nSPS) is 11.0. The van der Waals surface area contributed by atoms with Gasteiger partial charge in [0.25, 0.3) is 0 Å². The third kappa shape index (κ3) is 3.56. The van der Waals surface area contributed by atoms with Gasteiger partial charge in [-0.3, -0.25) is 0 Å². The highest BCUT2D eigenvalue weighted by atomic mass is 16.5. The molecule has 1 aromatic heterocycles. The van der Waals surface area contributed by atoms with Crippen LogP contribution < -0.4 is 18.8 Å². The smallest absolute Gasteiger partial charge is 0.345 e. The van der Waals surface area contributed by atoms with E-state index < -0.39 is 5.97 Å². The molecular formula is C26H26NO4+. The maximum atomic E-state index is 13.6. The monoisotopic (exact) mass is 416 g/mol. The van der Waals surface area contributed by atoms with Crippen LogP contribution >= 0.6 is 0 Å². The Morgan fingerprint density at radius 1 is 0.774 bits per heavy atom. The van der Waals surface area contributed by atoms with Crippen molar-refractivity contribution in [2.75, 3.05) is 14.2 Å². The Labute approximate surface area is 181 Å². The van der Waals surface area contributed by atoms with Gasteiger partial charge in [0.2, 0.25) is 11.0 Å². The molecule has 0 aliphatic carbocycles. The molecule has 0 radical (unpaired) electrons. The summed E-state index contributed by atoms with van der Waals surface area (Å²) < 4.78 is 18.9. The van der Waals surface area contributed by atoms with E-state index in [4.69, 9.17) is 14.2 Å². The van der Waals surface area contributed by atoms with Gasteiger partial charge in [-0.05, 0) is 56.2 Å². The van der Waals surface area contributed by atoms with Crippen LogP contribution in [-0.4, -0.2) is 20.2 Å². The SMILES string of the molecule is COc1ccc2c(c1)c(C(=O)Oc1c(C)cc(C)cc1C)c1cc(OC)ccc1[n+]2C. The first kappa shape index (κ1) is 20.7. The van der Waals surface area contributed by atoms with Crippen molar-refractivity contribution in [3.63, 3.8) is 0 Å². The van der Waals surface area contributed by atoms with E-state index in [1.165, 1.54) is 0 Å². The number of aryl methyl sites for hydroxylation is 4. The molecule has 0 unspecified atom stereocenters. The van der Waals surface area contributed by atoms with Gasteiger partial charge in [-0.1, -0.05) is 17.7 Å². The molecule has 1 heterocycles. The fourth-order valence-corrected chi connectivity index (χ4v) is 4.24. The van der Waals surface area contributed by atoms with E-state index in [0.717, 1.165) is 38.5 Å². The Morgan fingerprint density at radius 2 is 1.26 bits per heavy atom. The van der Waals surface area contributed by atoms with Crippen LogP contribution in [0.15, 0.2) is 48.5 Å². The number of hydrogen-bond acceptors (Lipinski definition) is 4. The van der Waals surface area contributed by atoms with Gasteiger partial charge in [-0.2, -0.15) is 4.57 Å². The Bertz CT molecular complexity index is 1250. The summed E-state index contributed by atoms with van der Waals surface area (Å²) in [6.45, 7) is 5.94. The van der Waals surface area contributed by atoms with Crippen molar-refractivity contribution < 1.29 is 23.6 Å². The fraction of sp³-hybridized carbons (Fsp3) is 0.231. The molecule has 0 saturated heterocycles. The zero-order valence-electron chi connectivity index (χ0n) is 18.7. The molecule has 31 heavy (non-hydrogen) atoms. The number of benzene rings is 3. The van der Waals surface area contributed by atoms with Crippen molar-refractivity contribution in [3.8, 4) is 17.2 Å². The van der Waals surface area contributed by atoms with Crippen molar-refractivity contribution in [1.29, 1.82) is 0 Å². The molecule has 0 amide bonds. The quantitative estimate of drug-likeness (QED) is 0.204. The van der Waals surface area contributed by atoms with Crippen molar-refractivity contribution in [2.45, 2.75) is 20.8 Å². The van der Waals surface area contributed by atoms with Crippen LogP contribution in [0.4, 0.5) is 0 Å². The van der Waals surface area contributed by atoms with Gasteiger partial charge in [0.05, 0.1) is 30.6 Å². The summed E-state index contributed by atoms with van der Waals surface area (Å²) in [7, 11) is 5.21. The number of hydrogen-bond donors (Lipinski definition) is 0. The molecule has 0 saturated carbocycles. The van der Waals surface area contributed by atoms with Crippen molar-refractivity contribution in [3.05, 3.63) is 70.8 Å². The van der Waals surface area contributed by atoms with E-state index in [2.05, 4.69) is 4.57 Å². The highest BCUT2D eigenvalue weighted by molar-refractivity contribution is 6.14. The van der Waals surface area contributed by atoms with Crippen LogP contribution in [0.3, 0.4) is 0 Å². The van der Waals surface area contributed by atoms with Gasteiger partial charge in [0.15, 0.2) is 0 Å². The van der Waals surface area contributed by atoms with Gasteiger partial charge in [0, 0.05) is 12.1 Å². The van der Waals surface area contributed by atoms with Gasteiger partial charge in [-0.15, -0.1) is 0 Å².